The van der Waals surface area contributed by atoms with Gasteiger partial charge in [0.25, 0.3) is 0 Å². The van der Waals surface area contributed by atoms with Crippen LogP contribution >= 0.6 is 11.8 Å². The summed E-state index contributed by atoms with van der Waals surface area (Å²) in [7, 11) is 0. The van der Waals surface area contributed by atoms with E-state index in [1.807, 2.05) is 29.2 Å². The van der Waals surface area contributed by atoms with Crippen molar-refractivity contribution < 1.29 is 9.18 Å². The zero-order valence-corrected chi connectivity index (χ0v) is 17.0. The van der Waals surface area contributed by atoms with Gasteiger partial charge in [0, 0.05) is 35.3 Å². The van der Waals surface area contributed by atoms with Gasteiger partial charge >= 0.3 is 6.03 Å². The molecule has 3 nitrogen and oxygen atoms in total. The summed E-state index contributed by atoms with van der Waals surface area (Å²) in [5.74, 6) is 0.641. The largest absolute Gasteiger partial charge is 0.324 e. The standard InChI is InChI=1S/C22H27FN2OS/c1-22(2,3)16-8-10-17(11-9-16)24-21(26)25-13-12-20(27-15-14-25)18-6-4-5-7-19(18)23/h4-11,20H,12-15H2,1-3H3,(H,24,26). The number of rotatable bonds is 2. The molecule has 3 rings (SSSR count). The van der Waals surface area contributed by atoms with Crippen molar-refractivity contribution in [3.05, 3.63) is 65.5 Å². The third-order valence-electron chi connectivity index (χ3n) is 4.88. The smallest absolute Gasteiger partial charge is 0.321 e. The maximum Gasteiger partial charge on any atom is 0.321 e. The lowest BCUT2D eigenvalue weighted by Crippen LogP contribution is -2.36. The van der Waals surface area contributed by atoms with Gasteiger partial charge < -0.3 is 10.2 Å². The minimum Gasteiger partial charge on any atom is -0.324 e. The van der Waals surface area contributed by atoms with Crippen LogP contribution in [0.15, 0.2) is 48.5 Å². The molecule has 1 heterocycles. The Balaban J connectivity index is 1.60. The number of carbonyl (C=O) groups is 1. The fraction of sp³-hybridized carbons (Fsp3) is 0.409. The minimum absolute atomic E-state index is 0.0895. The lowest BCUT2D eigenvalue weighted by molar-refractivity contribution is 0.215. The van der Waals surface area contributed by atoms with Gasteiger partial charge in [0.15, 0.2) is 0 Å². The normalized spacial score (nSPS) is 18.1. The lowest BCUT2D eigenvalue weighted by atomic mass is 9.87. The van der Waals surface area contributed by atoms with E-state index in [4.69, 9.17) is 0 Å². The van der Waals surface area contributed by atoms with Gasteiger partial charge in [-0.25, -0.2) is 9.18 Å². The van der Waals surface area contributed by atoms with Crippen molar-refractivity contribution in [3.8, 4) is 0 Å². The number of thioether (sulfide) groups is 1. The molecule has 1 aliphatic heterocycles. The summed E-state index contributed by atoms with van der Waals surface area (Å²) in [5.41, 5.74) is 2.87. The first kappa shape index (κ1) is 19.7. The van der Waals surface area contributed by atoms with E-state index in [0.29, 0.717) is 13.1 Å². The first-order chi connectivity index (χ1) is 12.8. The van der Waals surface area contributed by atoms with E-state index in [2.05, 4.69) is 38.2 Å². The number of hydrogen-bond acceptors (Lipinski definition) is 2. The van der Waals surface area contributed by atoms with Gasteiger partial charge in [0.2, 0.25) is 0 Å². The Hall–Kier alpha value is -2.01. The Kier molecular flexibility index (Phi) is 6.10. The summed E-state index contributed by atoms with van der Waals surface area (Å²) < 4.78 is 14.1. The van der Waals surface area contributed by atoms with Crippen molar-refractivity contribution >= 4 is 23.5 Å². The molecular formula is C22H27FN2OS. The van der Waals surface area contributed by atoms with Gasteiger partial charge in [-0.1, -0.05) is 51.1 Å². The zero-order chi connectivity index (χ0) is 19.4. The van der Waals surface area contributed by atoms with Crippen LogP contribution in [-0.2, 0) is 5.41 Å². The Morgan fingerprint density at radius 3 is 2.48 bits per heavy atom. The van der Waals surface area contributed by atoms with Gasteiger partial charge in [0.05, 0.1) is 0 Å². The fourth-order valence-corrected chi connectivity index (χ4v) is 4.47. The molecule has 1 N–H and O–H groups in total. The molecule has 2 amide bonds. The van der Waals surface area contributed by atoms with E-state index in [1.54, 1.807) is 17.8 Å². The SMILES string of the molecule is CC(C)(C)c1ccc(NC(=O)N2CCSC(c3ccccc3F)CC2)cc1. The van der Waals surface area contributed by atoms with Crippen molar-refractivity contribution in [1.29, 1.82) is 0 Å². The molecule has 0 spiro atoms. The molecule has 2 aromatic carbocycles. The topological polar surface area (TPSA) is 32.3 Å². The van der Waals surface area contributed by atoms with E-state index in [1.165, 1.54) is 11.6 Å². The van der Waals surface area contributed by atoms with Crippen LogP contribution in [0.1, 0.15) is 43.6 Å². The molecule has 144 valence electrons. The van der Waals surface area contributed by atoms with Crippen LogP contribution in [0.3, 0.4) is 0 Å². The van der Waals surface area contributed by atoms with E-state index >= 15 is 0 Å². The quantitative estimate of drug-likeness (QED) is 0.704. The van der Waals surface area contributed by atoms with E-state index in [9.17, 15) is 9.18 Å². The molecule has 27 heavy (non-hydrogen) atoms. The Morgan fingerprint density at radius 2 is 1.81 bits per heavy atom. The fourth-order valence-electron chi connectivity index (χ4n) is 3.21. The number of hydrogen-bond donors (Lipinski definition) is 1. The number of urea groups is 1. The maximum atomic E-state index is 14.1. The zero-order valence-electron chi connectivity index (χ0n) is 16.2. The van der Waals surface area contributed by atoms with Crippen molar-refractivity contribution in [2.75, 3.05) is 24.2 Å². The summed E-state index contributed by atoms with van der Waals surface area (Å²) in [6.07, 6.45) is 0.752. The Morgan fingerprint density at radius 1 is 1.11 bits per heavy atom. The highest BCUT2D eigenvalue weighted by molar-refractivity contribution is 7.99. The van der Waals surface area contributed by atoms with Gasteiger partial charge in [-0.2, -0.15) is 11.8 Å². The molecule has 2 aromatic rings. The van der Waals surface area contributed by atoms with Crippen LogP contribution in [0.5, 0.6) is 0 Å². The van der Waals surface area contributed by atoms with Crippen LogP contribution < -0.4 is 5.32 Å². The summed E-state index contributed by atoms with van der Waals surface area (Å²) in [4.78, 5) is 14.5. The van der Waals surface area contributed by atoms with Crippen LogP contribution in [0.25, 0.3) is 0 Å². The predicted octanol–water partition coefficient (Wildman–Crippen LogP) is 5.84. The number of carbonyl (C=O) groups excluding carboxylic acids is 1. The molecule has 1 aliphatic rings. The highest BCUT2D eigenvalue weighted by atomic mass is 32.2. The van der Waals surface area contributed by atoms with E-state index in [-0.39, 0.29) is 22.5 Å². The second-order valence-electron chi connectivity index (χ2n) is 7.91. The van der Waals surface area contributed by atoms with E-state index < -0.39 is 0 Å². The number of nitrogens with zero attached hydrogens (tertiary/aromatic N) is 1. The molecule has 1 fully saturated rings. The van der Waals surface area contributed by atoms with Crippen LogP contribution in [0.4, 0.5) is 14.9 Å². The highest BCUT2D eigenvalue weighted by Crippen LogP contribution is 2.35. The Bertz CT molecular complexity index is 786. The number of benzene rings is 2. The summed E-state index contributed by atoms with van der Waals surface area (Å²) in [6, 6.07) is 14.9. The molecule has 0 aliphatic carbocycles. The minimum atomic E-state index is -0.160. The van der Waals surface area contributed by atoms with Crippen LogP contribution in [0, 0.1) is 5.82 Å². The predicted molar refractivity (Wildman–Crippen MR) is 112 cm³/mol. The lowest BCUT2D eigenvalue weighted by Gasteiger charge is -2.22. The molecule has 0 saturated carbocycles. The number of halogens is 1. The molecule has 1 atom stereocenters. The first-order valence-electron chi connectivity index (χ1n) is 9.37. The third kappa shape index (κ3) is 5.04. The first-order valence-corrected chi connectivity index (χ1v) is 10.4. The number of amides is 2. The summed E-state index contributed by atoms with van der Waals surface area (Å²) in [5, 5.41) is 3.08. The third-order valence-corrected chi connectivity index (χ3v) is 6.19. The summed E-state index contributed by atoms with van der Waals surface area (Å²) in [6.45, 7) is 7.80. The molecule has 5 heteroatoms. The monoisotopic (exact) mass is 386 g/mol. The van der Waals surface area contributed by atoms with Crippen molar-refractivity contribution in [3.63, 3.8) is 0 Å². The second-order valence-corrected chi connectivity index (χ2v) is 9.22. The molecular weight excluding hydrogens is 359 g/mol. The van der Waals surface area contributed by atoms with Crippen LogP contribution in [0.2, 0.25) is 0 Å². The number of anilines is 1. The van der Waals surface area contributed by atoms with Gasteiger partial charge in [0.1, 0.15) is 5.82 Å². The average molecular weight is 387 g/mol. The molecule has 0 aromatic heterocycles. The summed E-state index contributed by atoms with van der Waals surface area (Å²) >= 11 is 1.72. The van der Waals surface area contributed by atoms with Gasteiger partial charge in [-0.3, -0.25) is 0 Å². The average Bonchev–Trinajstić information content (AvgIpc) is 2.88. The van der Waals surface area contributed by atoms with Gasteiger partial charge in [-0.15, -0.1) is 0 Å². The van der Waals surface area contributed by atoms with Crippen LogP contribution in [-0.4, -0.2) is 29.8 Å². The maximum absolute atomic E-state index is 14.1. The molecule has 0 radical (unpaired) electrons. The molecule has 1 saturated heterocycles. The second kappa shape index (κ2) is 8.34. The molecule has 1 unspecified atom stereocenters. The van der Waals surface area contributed by atoms with Crippen molar-refractivity contribution in [2.24, 2.45) is 0 Å². The van der Waals surface area contributed by atoms with E-state index in [0.717, 1.165) is 23.4 Å². The molecule has 0 bridgehead atoms. The van der Waals surface area contributed by atoms with Gasteiger partial charge in [-0.05, 0) is 35.6 Å². The van der Waals surface area contributed by atoms with Crippen molar-refractivity contribution in [2.45, 2.75) is 37.9 Å². The Labute approximate surface area is 165 Å². The van der Waals surface area contributed by atoms with Crippen molar-refractivity contribution in [1.82, 2.24) is 4.90 Å². The highest BCUT2D eigenvalue weighted by Gasteiger charge is 2.24. The number of nitrogens with one attached hydrogen (secondary N) is 1.